The Morgan fingerprint density at radius 3 is 2.77 bits per heavy atom. The zero-order valence-electron chi connectivity index (χ0n) is 16.7. The molecule has 5 rings (SSSR count). The van der Waals surface area contributed by atoms with Gasteiger partial charge in [0.05, 0.1) is 16.8 Å². The summed E-state index contributed by atoms with van der Waals surface area (Å²) in [5.74, 6) is -0.0858. The van der Waals surface area contributed by atoms with Crippen molar-refractivity contribution in [2.75, 3.05) is 26.2 Å². The number of hydrogen-bond acceptors (Lipinski definition) is 4. The second kappa shape index (κ2) is 8.14. The van der Waals surface area contributed by atoms with Crippen LogP contribution in [-0.2, 0) is 13.0 Å². The van der Waals surface area contributed by atoms with Crippen LogP contribution in [0.15, 0.2) is 18.2 Å². The third-order valence-corrected chi connectivity index (χ3v) is 5.80. The molecule has 3 aliphatic heterocycles. The van der Waals surface area contributed by atoms with Crippen molar-refractivity contribution in [1.82, 2.24) is 20.0 Å². The third-order valence-electron chi connectivity index (χ3n) is 5.80. The molecule has 2 N–H and O–H groups in total. The fourth-order valence-corrected chi connectivity index (χ4v) is 4.47. The standard InChI is InChI=1S/C19H26N4O2.Li.H/c1-2-23-17-5-3-4-14(19(24)25)18(17)15(21-23)6-9-20-16-12-22-10-7-13(16)8-11-22;;/h3-5,13,16,20H,2,6-12H2,1H3,(H,24,25);;/q;+1;-1. The number of fused-ring (bicyclic) bond motifs is 4. The van der Waals surface area contributed by atoms with E-state index in [0.29, 0.717) is 11.6 Å². The minimum Gasteiger partial charge on any atom is -1.00 e. The number of aromatic nitrogens is 2. The predicted octanol–water partition coefficient (Wildman–Crippen LogP) is -0.903. The van der Waals surface area contributed by atoms with Crippen molar-refractivity contribution in [2.24, 2.45) is 5.92 Å². The molecule has 1 aromatic carbocycles. The van der Waals surface area contributed by atoms with Crippen molar-refractivity contribution in [3.05, 3.63) is 29.5 Å². The number of piperidine rings is 3. The van der Waals surface area contributed by atoms with Crippen LogP contribution in [0, 0.1) is 5.92 Å². The van der Waals surface area contributed by atoms with Gasteiger partial charge in [-0.2, -0.15) is 5.10 Å². The number of carboxylic acid groups (broad SMARTS) is 1. The molecule has 0 saturated carbocycles. The van der Waals surface area contributed by atoms with Crippen LogP contribution in [0.2, 0.25) is 0 Å². The van der Waals surface area contributed by atoms with E-state index in [1.807, 2.05) is 17.7 Å². The van der Waals surface area contributed by atoms with Gasteiger partial charge in [-0.1, -0.05) is 6.07 Å². The second-order valence-electron chi connectivity index (χ2n) is 7.22. The maximum atomic E-state index is 11.6. The molecule has 2 aromatic rings. The zero-order chi connectivity index (χ0) is 17.4. The molecule has 3 aliphatic rings. The molecule has 1 atom stereocenters. The summed E-state index contributed by atoms with van der Waals surface area (Å²) in [6, 6.07) is 6.01. The second-order valence-corrected chi connectivity index (χ2v) is 7.22. The summed E-state index contributed by atoms with van der Waals surface area (Å²) in [4.78, 5) is 14.2. The molecule has 136 valence electrons. The summed E-state index contributed by atoms with van der Waals surface area (Å²) in [6.45, 7) is 7.27. The van der Waals surface area contributed by atoms with Crippen molar-refractivity contribution in [3.63, 3.8) is 0 Å². The number of hydrogen-bond donors (Lipinski definition) is 2. The Balaban J connectivity index is 0.00000131. The predicted molar refractivity (Wildman–Crippen MR) is 98.1 cm³/mol. The van der Waals surface area contributed by atoms with Crippen molar-refractivity contribution < 1.29 is 30.2 Å². The summed E-state index contributed by atoms with van der Waals surface area (Å²) < 4.78 is 1.91. The number of aryl methyl sites for hydroxylation is 1. The molecule has 0 spiro atoms. The number of nitrogens with zero attached hydrogens (tertiary/aromatic N) is 3. The van der Waals surface area contributed by atoms with E-state index >= 15 is 0 Å². The fourth-order valence-electron chi connectivity index (χ4n) is 4.47. The minimum atomic E-state index is -0.882. The number of benzene rings is 1. The van der Waals surface area contributed by atoms with Crippen molar-refractivity contribution in [3.8, 4) is 0 Å². The smallest absolute Gasteiger partial charge is 1.00 e. The summed E-state index contributed by atoms with van der Waals surface area (Å²) in [5, 5.41) is 18.7. The van der Waals surface area contributed by atoms with E-state index in [1.54, 1.807) is 12.1 Å². The van der Waals surface area contributed by atoms with E-state index in [-0.39, 0.29) is 20.3 Å². The average molecular weight is 350 g/mol. The topological polar surface area (TPSA) is 70.4 Å². The van der Waals surface area contributed by atoms with Crippen molar-refractivity contribution in [1.29, 1.82) is 0 Å². The molecule has 3 saturated heterocycles. The minimum absolute atomic E-state index is 0. The molecule has 2 bridgehead atoms. The van der Waals surface area contributed by atoms with Gasteiger partial charge in [0, 0.05) is 37.5 Å². The van der Waals surface area contributed by atoms with Crippen LogP contribution in [0.1, 0.15) is 37.2 Å². The van der Waals surface area contributed by atoms with Crippen LogP contribution in [0.3, 0.4) is 0 Å². The maximum absolute atomic E-state index is 11.6. The Morgan fingerprint density at radius 2 is 2.15 bits per heavy atom. The van der Waals surface area contributed by atoms with Crippen LogP contribution < -0.4 is 24.2 Å². The normalized spacial score (nSPS) is 24.6. The van der Waals surface area contributed by atoms with Gasteiger partial charge in [0.25, 0.3) is 0 Å². The molecule has 0 aliphatic carbocycles. The molecule has 3 fully saturated rings. The number of carbonyl (C=O) groups is 1. The Labute approximate surface area is 167 Å². The average Bonchev–Trinajstić information content (AvgIpc) is 3.01. The molecular weight excluding hydrogens is 323 g/mol. The van der Waals surface area contributed by atoms with Crippen LogP contribution in [-0.4, -0.2) is 58.0 Å². The molecule has 26 heavy (non-hydrogen) atoms. The molecule has 1 aromatic heterocycles. The zero-order valence-corrected chi connectivity index (χ0v) is 15.7. The van der Waals surface area contributed by atoms with Gasteiger partial charge in [0.15, 0.2) is 0 Å². The molecule has 4 heterocycles. The van der Waals surface area contributed by atoms with E-state index < -0.39 is 5.97 Å². The SMILES string of the molecule is CCn1nc(CCNC2CN3CCC2CC3)c2c(C(=O)O)cccc21.[H-].[Li+]. The first kappa shape index (κ1) is 19.4. The molecule has 6 nitrogen and oxygen atoms in total. The van der Waals surface area contributed by atoms with Gasteiger partial charge < -0.3 is 16.7 Å². The summed E-state index contributed by atoms with van der Waals surface area (Å²) in [6.07, 6.45) is 3.36. The first-order valence-corrected chi connectivity index (χ1v) is 9.34. The van der Waals surface area contributed by atoms with Gasteiger partial charge in [-0.25, -0.2) is 4.79 Å². The van der Waals surface area contributed by atoms with E-state index in [1.165, 1.54) is 25.9 Å². The van der Waals surface area contributed by atoms with Crippen molar-refractivity contribution >= 4 is 16.9 Å². The monoisotopic (exact) mass is 350 g/mol. The Morgan fingerprint density at radius 1 is 1.38 bits per heavy atom. The van der Waals surface area contributed by atoms with E-state index in [4.69, 9.17) is 0 Å². The largest absolute Gasteiger partial charge is 1.00 e. The number of carboxylic acids is 1. The Hall–Kier alpha value is -1.32. The fraction of sp³-hybridized carbons (Fsp3) is 0.579. The van der Waals surface area contributed by atoms with Crippen LogP contribution >= 0.6 is 0 Å². The van der Waals surface area contributed by atoms with Gasteiger partial charge in [0.1, 0.15) is 0 Å². The van der Waals surface area contributed by atoms with Crippen LogP contribution in [0.5, 0.6) is 0 Å². The first-order chi connectivity index (χ1) is 12.2. The molecule has 0 radical (unpaired) electrons. The molecular formula is C19H27LiN4O2. The molecule has 7 heteroatoms. The van der Waals surface area contributed by atoms with Gasteiger partial charge in [-0.05, 0) is 50.9 Å². The summed E-state index contributed by atoms with van der Waals surface area (Å²) in [7, 11) is 0. The number of aromatic carboxylic acids is 1. The van der Waals surface area contributed by atoms with Crippen LogP contribution in [0.25, 0.3) is 10.9 Å². The van der Waals surface area contributed by atoms with Gasteiger partial charge in [-0.15, -0.1) is 0 Å². The Bertz CT molecular complexity index is 789. The molecule has 1 unspecified atom stereocenters. The first-order valence-electron chi connectivity index (χ1n) is 9.34. The van der Waals surface area contributed by atoms with Gasteiger partial charge in [-0.3, -0.25) is 4.68 Å². The van der Waals surface area contributed by atoms with E-state index in [9.17, 15) is 9.90 Å². The third kappa shape index (κ3) is 3.56. The Kier molecular flexibility index (Phi) is 6.09. The molecule has 0 amide bonds. The summed E-state index contributed by atoms with van der Waals surface area (Å²) in [5.41, 5.74) is 2.17. The number of rotatable bonds is 6. The number of nitrogens with one attached hydrogen (secondary N) is 1. The van der Waals surface area contributed by atoms with Crippen LogP contribution in [0.4, 0.5) is 0 Å². The van der Waals surface area contributed by atoms with Gasteiger partial charge >= 0.3 is 24.8 Å². The maximum Gasteiger partial charge on any atom is 1.00 e. The van der Waals surface area contributed by atoms with Crippen molar-refractivity contribution in [2.45, 2.75) is 38.8 Å². The van der Waals surface area contributed by atoms with E-state index in [2.05, 4.69) is 15.3 Å². The quantitative estimate of drug-likeness (QED) is 0.661. The summed E-state index contributed by atoms with van der Waals surface area (Å²) >= 11 is 0. The van der Waals surface area contributed by atoms with Gasteiger partial charge in [0.2, 0.25) is 0 Å². The van der Waals surface area contributed by atoms with E-state index in [0.717, 1.165) is 48.6 Å².